The molecule has 7 heteroatoms. The molecule has 23 heavy (non-hydrogen) atoms. The van der Waals surface area contributed by atoms with Crippen LogP contribution in [0.3, 0.4) is 0 Å². The van der Waals surface area contributed by atoms with E-state index in [9.17, 15) is 4.79 Å². The van der Waals surface area contributed by atoms with Gasteiger partial charge in [-0.25, -0.2) is 0 Å². The summed E-state index contributed by atoms with van der Waals surface area (Å²) in [7, 11) is 1.77. The maximum Gasteiger partial charge on any atom is 0.269 e. The van der Waals surface area contributed by atoms with Gasteiger partial charge < -0.3 is 10.2 Å². The molecule has 0 aliphatic carbocycles. The fourth-order valence-electron chi connectivity index (χ4n) is 2.44. The molecule has 0 radical (unpaired) electrons. The van der Waals surface area contributed by atoms with Crippen LogP contribution in [0.4, 0.5) is 5.82 Å². The fourth-order valence-corrected chi connectivity index (χ4v) is 2.44. The molecule has 1 aromatic heterocycles. The number of anilines is 1. The molecule has 0 bridgehead atoms. The van der Waals surface area contributed by atoms with Gasteiger partial charge >= 0.3 is 0 Å². The van der Waals surface area contributed by atoms with Crippen LogP contribution in [-0.2, 0) is 16.7 Å². The summed E-state index contributed by atoms with van der Waals surface area (Å²) in [6.07, 6.45) is -0.207. The summed E-state index contributed by atoms with van der Waals surface area (Å²) in [6.45, 7) is 5.89. The van der Waals surface area contributed by atoms with Crippen molar-refractivity contribution in [2.75, 3.05) is 5.32 Å². The smallest absolute Gasteiger partial charge is 0.269 e. The Kier molecular flexibility index (Phi) is 3.85. The number of rotatable bonds is 3. The Labute approximate surface area is 134 Å². The molecule has 1 aromatic carbocycles. The minimum Gasteiger partial charge on any atom is -0.382 e. The van der Waals surface area contributed by atoms with Crippen molar-refractivity contribution in [3.05, 3.63) is 40.6 Å². The first kappa shape index (κ1) is 15.2. The monoisotopic (exact) mass is 313 g/mol. The summed E-state index contributed by atoms with van der Waals surface area (Å²) in [6, 6.07) is 6.16. The van der Waals surface area contributed by atoms with Gasteiger partial charge in [0.15, 0.2) is 5.82 Å². The molecule has 0 spiro atoms. The first-order valence-electron chi connectivity index (χ1n) is 7.43. The lowest BCUT2D eigenvalue weighted by atomic mass is 9.98. The second kappa shape index (κ2) is 5.83. The molecule has 2 heterocycles. The predicted octanol–water partition coefficient (Wildman–Crippen LogP) is 1.87. The van der Waals surface area contributed by atoms with Gasteiger partial charge in [0.2, 0.25) is 6.10 Å². The van der Waals surface area contributed by atoms with E-state index in [1.807, 2.05) is 26.8 Å². The maximum absolute atomic E-state index is 12.3. The van der Waals surface area contributed by atoms with Gasteiger partial charge in [0, 0.05) is 19.0 Å². The lowest BCUT2D eigenvalue weighted by molar-refractivity contribution is -0.125. The minimum absolute atomic E-state index is 0.266. The summed E-state index contributed by atoms with van der Waals surface area (Å²) in [5.74, 6) is 0.180. The number of carbonyl (C=O) groups is 1. The third-order valence-corrected chi connectivity index (χ3v) is 4.01. The SMILES string of the molecule is Cc1ccc(C)c(C2=NOC(C(=O)Nc3nnn(C)c3C)C2)c1. The number of oxime groups is 1. The first-order chi connectivity index (χ1) is 11.0. The topological polar surface area (TPSA) is 81.4 Å². The number of aryl methyl sites for hydroxylation is 3. The summed E-state index contributed by atoms with van der Waals surface area (Å²) in [4.78, 5) is 17.6. The zero-order valence-corrected chi connectivity index (χ0v) is 13.6. The molecule has 0 fully saturated rings. The van der Waals surface area contributed by atoms with E-state index in [2.05, 4.69) is 32.9 Å². The van der Waals surface area contributed by atoms with E-state index >= 15 is 0 Å². The van der Waals surface area contributed by atoms with Crippen molar-refractivity contribution >= 4 is 17.4 Å². The van der Waals surface area contributed by atoms with Gasteiger partial charge in [-0.15, -0.1) is 5.10 Å². The molecule has 1 unspecified atom stereocenters. The van der Waals surface area contributed by atoms with Crippen molar-refractivity contribution in [2.45, 2.75) is 33.3 Å². The summed E-state index contributed by atoms with van der Waals surface area (Å²) < 4.78 is 1.60. The zero-order chi connectivity index (χ0) is 16.6. The van der Waals surface area contributed by atoms with Gasteiger partial charge in [0.1, 0.15) is 0 Å². The third-order valence-electron chi connectivity index (χ3n) is 4.01. The van der Waals surface area contributed by atoms with Crippen molar-refractivity contribution in [2.24, 2.45) is 12.2 Å². The van der Waals surface area contributed by atoms with Crippen LogP contribution in [0.2, 0.25) is 0 Å². The van der Waals surface area contributed by atoms with Crippen LogP contribution in [0, 0.1) is 20.8 Å². The summed E-state index contributed by atoms with van der Waals surface area (Å²) >= 11 is 0. The number of aromatic nitrogens is 3. The van der Waals surface area contributed by atoms with Gasteiger partial charge in [0.25, 0.3) is 5.91 Å². The van der Waals surface area contributed by atoms with Crippen LogP contribution in [0.15, 0.2) is 23.4 Å². The number of benzene rings is 1. The Morgan fingerprint density at radius 1 is 1.35 bits per heavy atom. The number of nitrogens with one attached hydrogen (secondary N) is 1. The number of carbonyl (C=O) groups excluding carboxylic acids is 1. The molecule has 1 amide bonds. The Morgan fingerprint density at radius 3 is 2.83 bits per heavy atom. The molecule has 2 aromatic rings. The third kappa shape index (κ3) is 2.94. The van der Waals surface area contributed by atoms with Crippen molar-refractivity contribution in [1.29, 1.82) is 0 Å². The van der Waals surface area contributed by atoms with E-state index < -0.39 is 6.10 Å². The van der Waals surface area contributed by atoms with Crippen molar-refractivity contribution in [3.8, 4) is 0 Å². The molecule has 120 valence electrons. The highest BCUT2D eigenvalue weighted by Gasteiger charge is 2.30. The Bertz CT molecular complexity index is 794. The van der Waals surface area contributed by atoms with E-state index in [-0.39, 0.29) is 5.91 Å². The maximum atomic E-state index is 12.3. The fraction of sp³-hybridized carbons (Fsp3) is 0.375. The van der Waals surface area contributed by atoms with E-state index in [1.54, 1.807) is 11.7 Å². The highest BCUT2D eigenvalue weighted by atomic mass is 16.6. The summed E-state index contributed by atoms with van der Waals surface area (Å²) in [5.41, 5.74) is 4.87. The van der Waals surface area contributed by atoms with Gasteiger partial charge in [-0.05, 0) is 32.4 Å². The second-order valence-corrected chi connectivity index (χ2v) is 5.79. The van der Waals surface area contributed by atoms with Crippen molar-refractivity contribution in [3.63, 3.8) is 0 Å². The van der Waals surface area contributed by atoms with Gasteiger partial charge in [0.05, 0.1) is 11.4 Å². The largest absolute Gasteiger partial charge is 0.382 e. The lowest BCUT2D eigenvalue weighted by Gasteiger charge is -2.08. The van der Waals surface area contributed by atoms with Crippen LogP contribution in [0.25, 0.3) is 0 Å². The number of hydrogen-bond acceptors (Lipinski definition) is 5. The second-order valence-electron chi connectivity index (χ2n) is 5.79. The average molecular weight is 313 g/mol. The standard InChI is InChI=1S/C16H19N5O2/c1-9-5-6-10(2)12(7-9)13-8-14(23-19-13)16(22)17-15-11(3)21(4)20-18-15/h5-7,14H,8H2,1-4H3,(H,17,22). The predicted molar refractivity (Wildman–Crippen MR) is 86.3 cm³/mol. The Hall–Kier alpha value is -2.70. The lowest BCUT2D eigenvalue weighted by Crippen LogP contribution is -2.28. The van der Waals surface area contributed by atoms with Crippen LogP contribution in [-0.4, -0.2) is 32.7 Å². The summed E-state index contributed by atoms with van der Waals surface area (Å²) in [5, 5.41) is 14.6. The van der Waals surface area contributed by atoms with Gasteiger partial charge in [-0.2, -0.15) is 0 Å². The highest BCUT2D eigenvalue weighted by molar-refractivity contribution is 6.06. The van der Waals surface area contributed by atoms with Gasteiger partial charge in [-0.1, -0.05) is 28.1 Å². The molecule has 1 aliphatic heterocycles. The molecule has 3 rings (SSSR count). The van der Waals surface area contributed by atoms with Crippen LogP contribution in [0.5, 0.6) is 0 Å². The van der Waals surface area contributed by atoms with Crippen LogP contribution < -0.4 is 5.32 Å². The van der Waals surface area contributed by atoms with E-state index in [1.165, 1.54) is 0 Å². The molecule has 0 saturated carbocycles. The molecular weight excluding hydrogens is 294 g/mol. The molecule has 1 atom stereocenters. The highest BCUT2D eigenvalue weighted by Crippen LogP contribution is 2.21. The van der Waals surface area contributed by atoms with E-state index in [4.69, 9.17) is 4.84 Å². The minimum atomic E-state index is -0.647. The molecule has 0 saturated heterocycles. The van der Waals surface area contributed by atoms with Crippen LogP contribution >= 0.6 is 0 Å². The number of hydrogen-bond donors (Lipinski definition) is 1. The van der Waals surface area contributed by atoms with E-state index in [0.29, 0.717) is 12.2 Å². The molecule has 1 N–H and O–H groups in total. The first-order valence-corrected chi connectivity index (χ1v) is 7.43. The Morgan fingerprint density at radius 2 is 2.13 bits per heavy atom. The quantitative estimate of drug-likeness (QED) is 0.938. The zero-order valence-electron chi connectivity index (χ0n) is 13.6. The molecular formula is C16H19N5O2. The van der Waals surface area contributed by atoms with Gasteiger partial charge in [-0.3, -0.25) is 9.48 Å². The molecule has 7 nitrogen and oxygen atoms in total. The molecule has 1 aliphatic rings. The normalized spacial score (nSPS) is 16.9. The number of nitrogens with zero attached hydrogens (tertiary/aromatic N) is 4. The van der Waals surface area contributed by atoms with Crippen molar-refractivity contribution < 1.29 is 9.63 Å². The Balaban J connectivity index is 1.70. The van der Waals surface area contributed by atoms with Crippen molar-refractivity contribution in [1.82, 2.24) is 15.0 Å². The van der Waals surface area contributed by atoms with Crippen LogP contribution in [0.1, 0.15) is 28.8 Å². The number of amides is 1. The average Bonchev–Trinajstić information content (AvgIpc) is 3.12. The van der Waals surface area contributed by atoms with E-state index in [0.717, 1.165) is 28.1 Å².